The van der Waals surface area contributed by atoms with Crippen LogP contribution < -0.4 is 11.1 Å². The van der Waals surface area contributed by atoms with E-state index < -0.39 is 0 Å². The Balaban J connectivity index is 3.07. The fraction of sp³-hybridized carbons (Fsp3) is 0.333. The molecule has 0 fully saturated rings. The van der Waals surface area contributed by atoms with E-state index in [1.165, 1.54) is 0 Å². The van der Waals surface area contributed by atoms with Gasteiger partial charge < -0.3 is 16.2 Å². The lowest BCUT2D eigenvalue weighted by Gasteiger charge is -2.08. The van der Waals surface area contributed by atoms with Gasteiger partial charge in [-0.2, -0.15) is 5.26 Å². The Morgan fingerprint density at radius 2 is 2.43 bits per heavy atom. The summed E-state index contributed by atoms with van der Waals surface area (Å²) >= 11 is 0. The molecule has 0 saturated heterocycles. The summed E-state index contributed by atoms with van der Waals surface area (Å²) in [5.41, 5.74) is 6.78. The molecular weight excluding hydrogens is 180 g/mol. The molecule has 5 nitrogen and oxygen atoms in total. The van der Waals surface area contributed by atoms with E-state index >= 15 is 0 Å². The number of aromatic nitrogens is 1. The van der Waals surface area contributed by atoms with Crippen molar-refractivity contribution in [1.29, 1.82) is 5.26 Å². The molecule has 0 aliphatic carbocycles. The van der Waals surface area contributed by atoms with Crippen molar-refractivity contribution in [2.45, 2.75) is 6.92 Å². The number of pyridine rings is 1. The Morgan fingerprint density at radius 1 is 1.71 bits per heavy atom. The third-order valence-electron chi connectivity index (χ3n) is 1.75. The monoisotopic (exact) mass is 192 g/mol. The van der Waals surface area contributed by atoms with Gasteiger partial charge in [0.05, 0.1) is 12.2 Å². The molecule has 1 aromatic rings. The Bertz CT molecular complexity index is 370. The van der Waals surface area contributed by atoms with E-state index in [4.69, 9.17) is 16.1 Å². The number of aliphatic hydroxyl groups is 1. The lowest BCUT2D eigenvalue weighted by Crippen LogP contribution is -2.10. The number of anilines is 2. The minimum atomic E-state index is -0.0135. The van der Waals surface area contributed by atoms with Crippen molar-refractivity contribution >= 4 is 11.6 Å². The van der Waals surface area contributed by atoms with Gasteiger partial charge in [0, 0.05) is 6.54 Å². The van der Waals surface area contributed by atoms with Crippen molar-refractivity contribution in [3.8, 4) is 6.07 Å². The van der Waals surface area contributed by atoms with Crippen molar-refractivity contribution in [2.75, 3.05) is 24.2 Å². The predicted octanol–water partition coefficient (Wildman–Crippen LogP) is 0.248. The molecule has 0 spiro atoms. The van der Waals surface area contributed by atoms with Crippen molar-refractivity contribution in [1.82, 2.24) is 4.98 Å². The van der Waals surface area contributed by atoms with Crippen LogP contribution in [0.25, 0.3) is 0 Å². The molecule has 0 radical (unpaired) electrons. The lowest BCUT2D eigenvalue weighted by molar-refractivity contribution is 0.311. The summed E-state index contributed by atoms with van der Waals surface area (Å²) in [7, 11) is 0. The highest BCUT2D eigenvalue weighted by molar-refractivity contribution is 5.59. The van der Waals surface area contributed by atoms with Crippen LogP contribution in [-0.4, -0.2) is 23.2 Å². The maximum atomic E-state index is 8.86. The van der Waals surface area contributed by atoms with Crippen LogP contribution in [0.1, 0.15) is 11.1 Å². The summed E-state index contributed by atoms with van der Waals surface area (Å²) < 4.78 is 0. The molecule has 0 aliphatic rings. The van der Waals surface area contributed by atoms with Crippen LogP contribution in [0.2, 0.25) is 0 Å². The second kappa shape index (κ2) is 4.44. The number of nitrogens with zero attached hydrogens (tertiary/aromatic N) is 2. The van der Waals surface area contributed by atoms with Crippen LogP contribution in [0.3, 0.4) is 0 Å². The molecule has 0 atom stereocenters. The van der Waals surface area contributed by atoms with Crippen LogP contribution >= 0.6 is 0 Å². The molecular formula is C9H12N4O. The SMILES string of the molecule is Cc1cc(N)nc(NCCO)c1C#N. The molecule has 4 N–H and O–H groups in total. The Morgan fingerprint density at radius 3 is 3.00 bits per heavy atom. The largest absolute Gasteiger partial charge is 0.395 e. The van der Waals surface area contributed by atoms with Crippen LogP contribution in [-0.2, 0) is 0 Å². The first kappa shape index (κ1) is 10.3. The Hall–Kier alpha value is -1.80. The van der Waals surface area contributed by atoms with E-state index in [0.717, 1.165) is 5.56 Å². The number of nitrogen functional groups attached to an aromatic ring is 1. The van der Waals surface area contributed by atoms with Gasteiger partial charge in [0.1, 0.15) is 17.7 Å². The minimum Gasteiger partial charge on any atom is -0.395 e. The van der Waals surface area contributed by atoms with Crippen molar-refractivity contribution in [3.05, 3.63) is 17.2 Å². The smallest absolute Gasteiger partial charge is 0.146 e. The van der Waals surface area contributed by atoms with E-state index in [2.05, 4.69) is 10.3 Å². The van der Waals surface area contributed by atoms with E-state index in [0.29, 0.717) is 23.7 Å². The molecule has 14 heavy (non-hydrogen) atoms. The second-order valence-corrected chi connectivity index (χ2v) is 2.85. The number of hydrogen-bond donors (Lipinski definition) is 3. The quantitative estimate of drug-likeness (QED) is 0.638. The summed E-state index contributed by atoms with van der Waals surface area (Å²) in [5, 5.41) is 20.3. The zero-order chi connectivity index (χ0) is 10.6. The Kier molecular flexibility index (Phi) is 3.26. The Labute approximate surface area is 82.2 Å². The topological polar surface area (TPSA) is 95.0 Å². The van der Waals surface area contributed by atoms with E-state index in [-0.39, 0.29) is 6.61 Å². The fourth-order valence-electron chi connectivity index (χ4n) is 1.14. The first-order valence-electron chi connectivity index (χ1n) is 4.21. The molecule has 0 bridgehead atoms. The molecule has 1 rings (SSSR count). The molecule has 0 amide bonds. The number of aryl methyl sites for hydroxylation is 1. The molecule has 0 unspecified atom stereocenters. The predicted molar refractivity (Wildman–Crippen MR) is 53.7 cm³/mol. The summed E-state index contributed by atoms with van der Waals surface area (Å²) in [6, 6.07) is 3.68. The van der Waals surface area contributed by atoms with Crippen LogP contribution in [0.5, 0.6) is 0 Å². The van der Waals surface area contributed by atoms with Gasteiger partial charge in [0.25, 0.3) is 0 Å². The summed E-state index contributed by atoms with van der Waals surface area (Å²) in [6.07, 6.45) is 0. The second-order valence-electron chi connectivity index (χ2n) is 2.85. The lowest BCUT2D eigenvalue weighted by atomic mass is 10.1. The van der Waals surface area contributed by atoms with Gasteiger partial charge in [-0.05, 0) is 18.6 Å². The molecule has 74 valence electrons. The van der Waals surface area contributed by atoms with Gasteiger partial charge in [0.15, 0.2) is 0 Å². The normalized spacial score (nSPS) is 9.50. The van der Waals surface area contributed by atoms with E-state index in [9.17, 15) is 0 Å². The highest BCUT2D eigenvalue weighted by Crippen LogP contribution is 2.18. The third kappa shape index (κ3) is 2.12. The first-order valence-corrected chi connectivity index (χ1v) is 4.21. The number of nitriles is 1. The third-order valence-corrected chi connectivity index (χ3v) is 1.75. The van der Waals surface area contributed by atoms with Crippen LogP contribution in [0.15, 0.2) is 6.07 Å². The highest BCUT2D eigenvalue weighted by atomic mass is 16.3. The van der Waals surface area contributed by atoms with E-state index in [1.54, 1.807) is 13.0 Å². The van der Waals surface area contributed by atoms with Gasteiger partial charge in [-0.3, -0.25) is 0 Å². The fourth-order valence-corrected chi connectivity index (χ4v) is 1.14. The van der Waals surface area contributed by atoms with Gasteiger partial charge in [-0.25, -0.2) is 4.98 Å². The van der Waals surface area contributed by atoms with Gasteiger partial charge in [0.2, 0.25) is 0 Å². The zero-order valence-electron chi connectivity index (χ0n) is 7.91. The number of nitrogens with one attached hydrogen (secondary N) is 1. The number of nitrogens with two attached hydrogens (primary N) is 1. The first-order chi connectivity index (χ1) is 6.69. The van der Waals surface area contributed by atoms with Gasteiger partial charge in [-0.1, -0.05) is 0 Å². The molecule has 0 saturated carbocycles. The summed E-state index contributed by atoms with van der Waals surface area (Å²) in [4.78, 5) is 3.98. The molecule has 5 heteroatoms. The molecule has 0 aromatic carbocycles. The minimum absolute atomic E-state index is 0.0135. The number of aliphatic hydroxyl groups excluding tert-OH is 1. The number of rotatable bonds is 3. The standard InChI is InChI=1S/C9H12N4O/c1-6-4-8(11)13-9(7(6)5-10)12-2-3-14/h4,14H,2-3H2,1H3,(H3,11,12,13). The maximum Gasteiger partial charge on any atom is 0.146 e. The van der Waals surface area contributed by atoms with Crippen molar-refractivity contribution in [2.24, 2.45) is 0 Å². The summed E-state index contributed by atoms with van der Waals surface area (Å²) in [5.74, 6) is 0.793. The van der Waals surface area contributed by atoms with Gasteiger partial charge in [-0.15, -0.1) is 0 Å². The molecule has 1 heterocycles. The van der Waals surface area contributed by atoms with Crippen molar-refractivity contribution in [3.63, 3.8) is 0 Å². The number of hydrogen-bond acceptors (Lipinski definition) is 5. The van der Waals surface area contributed by atoms with Crippen LogP contribution in [0.4, 0.5) is 11.6 Å². The van der Waals surface area contributed by atoms with E-state index in [1.807, 2.05) is 6.07 Å². The highest BCUT2D eigenvalue weighted by Gasteiger charge is 2.07. The molecule has 1 aromatic heterocycles. The average Bonchev–Trinajstić information content (AvgIpc) is 2.14. The van der Waals surface area contributed by atoms with Crippen molar-refractivity contribution < 1.29 is 5.11 Å². The summed E-state index contributed by atoms with van der Waals surface area (Å²) in [6.45, 7) is 2.13. The maximum absolute atomic E-state index is 8.86. The average molecular weight is 192 g/mol. The molecule has 0 aliphatic heterocycles. The van der Waals surface area contributed by atoms with Gasteiger partial charge >= 0.3 is 0 Å². The van der Waals surface area contributed by atoms with Crippen LogP contribution in [0, 0.1) is 18.3 Å². The zero-order valence-corrected chi connectivity index (χ0v) is 7.91.